The molecule has 2 aromatic rings. The number of nitrogens with zero attached hydrogens (tertiary/aromatic N) is 2. The third kappa shape index (κ3) is 2.63. The van der Waals surface area contributed by atoms with Gasteiger partial charge >= 0.3 is 5.97 Å². The standard InChI is InChI=1S/C19H16N2O3/c1-19(2)9-13-6-5-12(11-20)8-15(13)16(10-19)21-7-3-4-14(17(21)22)18(23)24/h3-8,10H,9H2,1-2H3,(H,23,24). The molecule has 1 aliphatic carbocycles. The van der Waals surface area contributed by atoms with Gasteiger partial charge in [-0.15, -0.1) is 0 Å². The molecular weight excluding hydrogens is 304 g/mol. The Labute approximate surface area is 139 Å². The molecule has 0 fully saturated rings. The smallest absolute Gasteiger partial charge is 0.341 e. The van der Waals surface area contributed by atoms with Crippen LogP contribution in [0.25, 0.3) is 5.70 Å². The number of aromatic carboxylic acids is 1. The molecule has 1 aliphatic rings. The number of fused-ring (bicyclic) bond motifs is 1. The van der Waals surface area contributed by atoms with Crippen molar-refractivity contribution in [2.75, 3.05) is 0 Å². The Kier molecular flexibility index (Phi) is 3.61. The van der Waals surface area contributed by atoms with Crippen LogP contribution in [0.1, 0.15) is 40.9 Å². The van der Waals surface area contributed by atoms with Gasteiger partial charge in [-0.3, -0.25) is 9.36 Å². The van der Waals surface area contributed by atoms with Crippen molar-refractivity contribution in [2.24, 2.45) is 5.41 Å². The first-order valence-electron chi connectivity index (χ1n) is 7.54. The molecule has 1 heterocycles. The van der Waals surface area contributed by atoms with Crippen molar-refractivity contribution >= 4 is 11.7 Å². The molecule has 1 N–H and O–H groups in total. The van der Waals surface area contributed by atoms with Crippen molar-refractivity contribution in [1.29, 1.82) is 5.26 Å². The number of allylic oxidation sites excluding steroid dienone is 1. The summed E-state index contributed by atoms with van der Waals surface area (Å²) < 4.78 is 1.35. The van der Waals surface area contributed by atoms with Crippen LogP contribution in [0.4, 0.5) is 0 Å². The summed E-state index contributed by atoms with van der Waals surface area (Å²) in [7, 11) is 0. The minimum absolute atomic E-state index is 0.185. The maximum atomic E-state index is 12.6. The Bertz CT molecular complexity index is 975. The Hall–Kier alpha value is -3.13. The van der Waals surface area contributed by atoms with Crippen LogP contribution >= 0.6 is 0 Å². The van der Waals surface area contributed by atoms with Crippen LogP contribution in [0.2, 0.25) is 0 Å². The molecule has 1 aromatic carbocycles. The number of carboxylic acid groups (broad SMARTS) is 1. The first-order chi connectivity index (χ1) is 11.3. The molecule has 0 aliphatic heterocycles. The van der Waals surface area contributed by atoms with Crippen LogP contribution in [-0.2, 0) is 6.42 Å². The van der Waals surface area contributed by atoms with Gasteiger partial charge in [0.25, 0.3) is 5.56 Å². The van der Waals surface area contributed by atoms with Crippen LogP contribution in [0.15, 0.2) is 47.4 Å². The molecule has 24 heavy (non-hydrogen) atoms. The fraction of sp³-hybridized carbons (Fsp3) is 0.211. The summed E-state index contributed by atoms with van der Waals surface area (Å²) >= 11 is 0. The van der Waals surface area contributed by atoms with Gasteiger partial charge in [-0.05, 0) is 41.7 Å². The molecule has 0 radical (unpaired) electrons. The predicted octanol–water partition coefficient (Wildman–Crippen LogP) is 2.89. The molecule has 0 unspecified atom stereocenters. The molecule has 0 spiro atoms. The van der Waals surface area contributed by atoms with Crippen molar-refractivity contribution < 1.29 is 9.90 Å². The lowest BCUT2D eigenvalue weighted by Gasteiger charge is -2.30. The zero-order valence-corrected chi connectivity index (χ0v) is 13.4. The van der Waals surface area contributed by atoms with E-state index in [1.165, 1.54) is 10.6 Å². The number of benzene rings is 1. The Morgan fingerprint density at radius 2 is 2.08 bits per heavy atom. The van der Waals surface area contributed by atoms with E-state index in [9.17, 15) is 14.7 Å². The van der Waals surface area contributed by atoms with Crippen molar-refractivity contribution in [3.63, 3.8) is 0 Å². The molecule has 1 aromatic heterocycles. The van der Waals surface area contributed by atoms with E-state index in [0.717, 1.165) is 17.5 Å². The number of rotatable bonds is 2. The average Bonchev–Trinajstić information content (AvgIpc) is 2.53. The molecule has 5 heteroatoms. The summed E-state index contributed by atoms with van der Waals surface area (Å²) in [5, 5.41) is 18.3. The molecule has 0 saturated heterocycles. The number of hydrogen-bond donors (Lipinski definition) is 1. The second-order valence-corrected chi connectivity index (χ2v) is 6.58. The molecule has 0 atom stereocenters. The molecule has 0 bridgehead atoms. The van der Waals surface area contributed by atoms with Gasteiger partial charge in [0.2, 0.25) is 0 Å². The minimum atomic E-state index is -1.25. The van der Waals surface area contributed by atoms with E-state index in [2.05, 4.69) is 19.9 Å². The third-order valence-electron chi connectivity index (χ3n) is 4.13. The van der Waals surface area contributed by atoms with E-state index >= 15 is 0 Å². The lowest BCUT2D eigenvalue weighted by Crippen LogP contribution is -2.29. The van der Waals surface area contributed by atoms with Gasteiger partial charge < -0.3 is 5.11 Å². The largest absolute Gasteiger partial charge is 0.477 e. The molecule has 0 amide bonds. The second kappa shape index (κ2) is 5.50. The van der Waals surface area contributed by atoms with Crippen LogP contribution < -0.4 is 5.56 Å². The number of carboxylic acids is 1. The number of nitriles is 1. The van der Waals surface area contributed by atoms with Gasteiger partial charge in [0.15, 0.2) is 0 Å². The Morgan fingerprint density at radius 3 is 2.75 bits per heavy atom. The highest BCUT2D eigenvalue weighted by molar-refractivity contribution is 5.87. The van der Waals surface area contributed by atoms with E-state index in [4.69, 9.17) is 5.26 Å². The highest BCUT2D eigenvalue weighted by atomic mass is 16.4. The van der Waals surface area contributed by atoms with Crippen LogP contribution in [0.3, 0.4) is 0 Å². The van der Waals surface area contributed by atoms with Crippen molar-refractivity contribution in [3.8, 4) is 6.07 Å². The summed E-state index contributed by atoms with van der Waals surface area (Å²) in [5.74, 6) is -1.25. The third-order valence-corrected chi connectivity index (χ3v) is 4.13. The maximum absolute atomic E-state index is 12.6. The number of pyridine rings is 1. The van der Waals surface area contributed by atoms with Crippen LogP contribution in [0.5, 0.6) is 0 Å². The van der Waals surface area contributed by atoms with E-state index in [1.54, 1.807) is 24.4 Å². The maximum Gasteiger partial charge on any atom is 0.341 e. The van der Waals surface area contributed by atoms with Crippen molar-refractivity contribution in [2.45, 2.75) is 20.3 Å². The monoisotopic (exact) mass is 320 g/mol. The Morgan fingerprint density at radius 1 is 1.33 bits per heavy atom. The average molecular weight is 320 g/mol. The minimum Gasteiger partial charge on any atom is -0.477 e. The van der Waals surface area contributed by atoms with Gasteiger partial charge in [0, 0.05) is 11.8 Å². The molecule has 3 rings (SSSR count). The molecule has 5 nitrogen and oxygen atoms in total. The van der Waals surface area contributed by atoms with Gasteiger partial charge in [0.05, 0.1) is 17.3 Å². The number of aromatic nitrogens is 1. The van der Waals surface area contributed by atoms with Crippen molar-refractivity contribution in [3.05, 3.63) is 75.2 Å². The summed E-state index contributed by atoms with van der Waals surface area (Å²) in [4.78, 5) is 23.8. The van der Waals surface area contributed by atoms with E-state index in [0.29, 0.717) is 11.3 Å². The number of hydrogen-bond acceptors (Lipinski definition) is 3. The summed E-state index contributed by atoms with van der Waals surface area (Å²) in [5.41, 5.74) is 1.90. The molecular formula is C19H16N2O3. The summed E-state index contributed by atoms with van der Waals surface area (Å²) in [6.07, 6.45) is 4.30. The normalized spacial score (nSPS) is 15.1. The lowest BCUT2D eigenvalue weighted by molar-refractivity contribution is 0.0694. The van der Waals surface area contributed by atoms with Crippen molar-refractivity contribution in [1.82, 2.24) is 4.57 Å². The van der Waals surface area contributed by atoms with Gasteiger partial charge in [-0.2, -0.15) is 5.26 Å². The highest BCUT2D eigenvalue weighted by Gasteiger charge is 2.27. The van der Waals surface area contributed by atoms with E-state index in [-0.39, 0.29) is 11.0 Å². The topological polar surface area (TPSA) is 83.1 Å². The fourth-order valence-corrected chi connectivity index (χ4v) is 3.07. The predicted molar refractivity (Wildman–Crippen MR) is 89.7 cm³/mol. The molecule has 0 saturated carbocycles. The SMILES string of the molecule is CC1(C)C=C(n2cccc(C(=O)O)c2=O)c2cc(C#N)ccc2C1. The first kappa shape index (κ1) is 15.8. The summed E-state index contributed by atoms with van der Waals surface area (Å²) in [6.45, 7) is 4.11. The van der Waals surface area contributed by atoms with Gasteiger partial charge in [-0.25, -0.2) is 4.79 Å². The zero-order chi connectivity index (χ0) is 17.5. The second-order valence-electron chi connectivity index (χ2n) is 6.58. The van der Waals surface area contributed by atoms with Gasteiger partial charge in [-0.1, -0.05) is 26.0 Å². The molecule has 120 valence electrons. The van der Waals surface area contributed by atoms with E-state index < -0.39 is 11.5 Å². The summed E-state index contributed by atoms with van der Waals surface area (Å²) in [6, 6.07) is 10.3. The lowest BCUT2D eigenvalue weighted by atomic mass is 9.77. The fourth-order valence-electron chi connectivity index (χ4n) is 3.07. The number of carbonyl (C=O) groups is 1. The van der Waals surface area contributed by atoms with Crippen LogP contribution in [-0.4, -0.2) is 15.6 Å². The zero-order valence-electron chi connectivity index (χ0n) is 13.4. The van der Waals surface area contributed by atoms with Crippen LogP contribution in [0, 0.1) is 16.7 Å². The quantitative estimate of drug-likeness (QED) is 0.922. The van der Waals surface area contributed by atoms with E-state index in [1.807, 2.05) is 12.1 Å². The van der Waals surface area contributed by atoms with Gasteiger partial charge in [0.1, 0.15) is 5.56 Å². The highest BCUT2D eigenvalue weighted by Crippen LogP contribution is 2.37. The first-order valence-corrected chi connectivity index (χ1v) is 7.54. The Balaban J connectivity index is 2.30.